The summed E-state index contributed by atoms with van der Waals surface area (Å²) in [7, 11) is -2.30. The second kappa shape index (κ2) is 10.2. The Balaban J connectivity index is 1.65. The molecule has 0 radical (unpaired) electrons. The molecule has 2 aliphatic rings. The van der Waals surface area contributed by atoms with Crippen molar-refractivity contribution in [2.45, 2.75) is 51.9 Å². The van der Waals surface area contributed by atoms with E-state index in [1.807, 2.05) is 32.6 Å². The third-order valence-electron chi connectivity index (χ3n) is 7.08. The standard InChI is InChI=1S/C27H32F2N2O5Si/c1-5-36-19-6-7-20-15(12-19)8-9-31(26(33)16-10-17(11-16)27(34)35)23(20)25(32)30-18-13-21(28)24(22(29)14-18)37(2,3)4/h6-7,12-14,16-17,23H,5,8-11H2,1-4H3,(H,30,32)(H,34,35)/t16-,17+,23-/m1/s1. The summed E-state index contributed by atoms with van der Waals surface area (Å²) in [5, 5.41) is 11.9. The molecule has 2 aromatic rings. The maximum Gasteiger partial charge on any atom is 0.306 e. The number of ether oxygens (including phenoxy) is 1. The number of aliphatic carboxylic acids is 1. The van der Waals surface area contributed by atoms with Crippen LogP contribution in [0.15, 0.2) is 30.3 Å². The van der Waals surface area contributed by atoms with Gasteiger partial charge in [-0.15, -0.1) is 0 Å². The van der Waals surface area contributed by atoms with Crippen LogP contribution in [0.4, 0.5) is 14.5 Å². The quantitative estimate of drug-likeness (QED) is 0.526. The van der Waals surface area contributed by atoms with Crippen LogP contribution in [0.25, 0.3) is 0 Å². The summed E-state index contributed by atoms with van der Waals surface area (Å²) in [5.41, 5.74) is 1.43. The average Bonchev–Trinajstić information content (AvgIpc) is 2.75. The molecule has 1 aliphatic carbocycles. The van der Waals surface area contributed by atoms with Gasteiger partial charge in [-0.3, -0.25) is 14.4 Å². The van der Waals surface area contributed by atoms with Gasteiger partial charge >= 0.3 is 5.97 Å². The van der Waals surface area contributed by atoms with Gasteiger partial charge in [0.15, 0.2) is 0 Å². The van der Waals surface area contributed by atoms with Crippen LogP contribution in [-0.4, -0.2) is 49.0 Å². The first-order valence-electron chi connectivity index (χ1n) is 12.5. The van der Waals surface area contributed by atoms with Crippen molar-refractivity contribution in [2.75, 3.05) is 18.5 Å². The van der Waals surface area contributed by atoms with Gasteiger partial charge in [-0.2, -0.15) is 0 Å². The van der Waals surface area contributed by atoms with Gasteiger partial charge < -0.3 is 20.1 Å². The number of carboxylic acids is 1. The van der Waals surface area contributed by atoms with Gasteiger partial charge in [-0.05, 0) is 61.6 Å². The summed E-state index contributed by atoms with van der Waals surface area (Å²) in [5.74, 6) is -3.62. The Morgan fingerprint density at radius 3 is 2.30 bits per heavy atom. The van der Waals surface area contributed by atoms with Gasteiger partial charge in [0, 0.05) is 23.3 Å². The Hall–Kier alpha value is -3.27. The van der Waals surface area contributed by atoms with Crippen LogP contribution in [0.3, 0.4) is 0 Å². The van der Waals surface area contributed by atoms with Crippen LogP contribution in [0.2, 0.25) is 19.6 Å². The highest BCUT2D eigenvalue weighted by Gasteiger charge is 2.45. The lowest BCUT2D eigenvalue weighted by Crippen LogP contribution is -2.50. The summed E-state index contributed by atoms with van der Waals surface area (Å²) in [6.07, 6.45) is 0.947. The van der Waals surface area contributed by atoms with Crippen LogP contribution in [0.1, 0.15) is 36.9 Å². The first kappa shape index (κ1) is 26.8. The summed E-state index contributed by atoms with van der Waals surface area (Å²) in [4.78, 5) is 39.7. The maximum atomic E-state index is 14.8. The van der Waals surface area contributed by atoms with Gasteiger partial charge in [0.2, 0.25) is 5.91 Å². The van der Waals surface area contributed by atoms with Crippen molar-refractivity contribution < 1.29 is 33.0 Å². The molecular formula is C27H32F2N2O5Si. The molecule has 4 rings (SSSR count). The van der Waals surface area contributed by atoms with Gasteiger partial charge in [-0.1, -0.05) is 25.7 Å². The summed E-state index contributed by atoms with van der Waals surface area (Å²) in [6.45, 7) is 8.10. The Labute approximate surface area is 215 Å². The Bertz CT molecular complexity index is 1220. The zero-order valence-corrected chi connectivity index (χ0v) is 22.4. The lowest BCUT2D eigenvalue weighted by molar-refractivity contribution is -0.154. The number of nitrogens with one attached hydrogen (secondary N) is 1. The van der Waals surface area contributed by atoms with E-state index in [0.29, 0.717) is 24.3 Å². The van der Waals surface area contributed by atoms with E-state index in [1.165, 1.54) is 4.90 Å². The predicted octanol–water partition coefficient (Wildman–Crippen LogP) is 4.08. The molecule has 2 aromatic carbocycles. The van der Waals surface area contributed by atoms with E-state index in [9.17, 15) is 28.3 Å². The van der Waals surface area contributed by atoms with Crippen molar-refractivity contribution >= 4 is 36.7 Å². The van der Waals surface area contributed by atoms with E-state index in [-0.39, 0.29) is 36.2 Å². The number of carbonyl (C=O) groups is 3. The fourth-order valence-electron chi connectivity index (χ4n) is 5.21. The Kier molecular flexibility index (Phi) is 7.41. The highest BCUT2D eigenvalue weighted by atomic mass is 28.3. The van der Waals surface area contributed by atoms with E-state index in [1.54, 1.807) is 12.1 Å². The largest absolute Gasteiger partial charge is 0.494 e. The number of nitrogens with zero attached hydrogens (tertiary/aromatic N) is 1. The van der Waals surface area contributed by atoms with E-state index in [0.717, 1.165) is 17.7 Å². The molecular weight excluding hydrogens is 498 g/mol. The number of carboxylic acid groups (broad SMARTS) is 1. The van der Waals surface area contributed by atoms with Crippen molar-refractivity contribution in [2.24, 2.45) is 11.8 Å². The molecule has 0 bridgehead atoms. The third-order valence-corrected chi connectivity index (χ3v) is 9.06. The minimum absolute atomic E-state index is 0.0259. The first-order valence-corrected chi connectivity index (χ1v) is 16.0. The van der Waals surface area contributed by atoms with Crippen molar-refractivity contribution in [3.8, 4) is 5.75 Å². The molecule has 1 heterocycles. The van der Waals surface area contributed by atoms with Crippen LogP contribution in [0, 0.1) is 23.5 Å². The molecule has 0 unspecified atom stereocenters. The smallest absolute Gasteiger partial charge is 0.306 e. The summed E-state index contributed by atoms with van der Waals surface area (Å²) in [6, 6.07) is 6.51. The van der Waals surface area contributed by atoms with Crippen LogP contribution >= 0.6 is 0 Å². The number of rotatable bonds is 7. The second-order valence-corrected chi connectivity index (χ2v) is 15.7. The zero-order valence-electron chi connectivity index (χ0n) is 21.4. The molecule has 37 heavy (non-hydrogen) atoms. The monoisotopic (exact) mass is 530 g/mol. The number of carbonyl (C=O) groups excluding carboxylic acids is 2. The van der Waals surface area contributed by atoms with Crippen molar-refractivity contribution in [3.05, 3.63) is 53.1 Å². The average molecular weight is 531 g/mol. The molecule has 7 nitrogen and oxygen atoms in total. The molecule has 0 aromatic heterocycles. The zero-order chi connectivity index (χ0) is 27.1. The van der Waals surface area contributed by atoms with Crippen molar-refractivity contribution in [1.82, 2.24) is 4.90 Å². The van der Waals surface area contributed by atoms with Crippen LogP contribution in [0.5, 0.6) is 5.75 Å². The molecule has 198 valence electrons. The van der Waals surface area contributed by atoms with E-state index in [2.05, 4.69) is 5.32 Å². The fraction of sp³-hybridized carbons (Fsp3) is 0.444. The van der Waals surface area contributed by atoms with Gasteiger partial charge in [0.25, 0.3) is 5.91 Å². The van der Waals surface area contributed by atoms with Crippen LogP contribution < -0.4 is 15.2 Å². The normalized spacial score (nSPS) is 21.0. The predicted molar refractivity (Wildman–Crippen MR) is 138 cm³/mol. The van der Waals surface area contributed by atoms with Gasteiger partial charge in [-0.25, -0.2) is 8.78 Å². The van der Waals surface area contributed by atoms with Crippen molar-refractivity contribution in [1.29, 1.82) is 0 Å². The number of hydrogen-bond donors (Lipinski definition) is 2. The van der Waals surface area contributed by atoms with E-state index >= 15 is 0 Å². The van der Waals surface area contributed by atoms with Gasteiger partial charge in [0.05, 0.1) is 20.6 Å². The molecule has 1 saturated carbocycles. The van der Waals surface area contributed by atoms with E-state index in [4.69, 9.17) is 4.74 Å². The first-order chi connectivity index (χ1) is 17.4. The molecule has 2 amide bonds. The number of anilines is 1. The topological polar surface area (TPSA) is 95.9 Å². The lowest BCUT2D eigenvalue weighted by Gasteiger charge is -2.41. The molecule has 0 saturated heterocycles. The third kappa shape index (κ3) is 5.39. The fourth-order valence-corrected chi connectivity index (χ4v) is 6.79. The number of benzene rings is 2. The maximum absolute atomic E-state index is 14.8. The summed E-state index contributed by atoms with van der Waals surface area (Å²) < 4.78 is 35.3. The number of halogens is 2. The molecule has 2 N–H and O–H groups in total. The van der Waals surface area contributed by atoms with Crippen molar-refractivity contribution in [3.63, 3.8) is 0 Å². The second-order valence-electron chi connectivity index (χ2n) is 10.7. The number of hydrogen-bond acceptors (Lipinski definition) is 4. The molecule has 10 heteroatoms. The minimum atomic E-state index is -2.30. The SMILES string of the molecule is CCOc1ccc2c(c1)CCN(C(=O)[C@H]1C[C@@H](C(=O)O)C1)[C@H]2C(=O)Nc1cc(F)c([Si](C)(C)C)c(F)c1. The van der Waals surface area contributed by atoms with Crippen LogP contribution in [-0.2, 0) is 20.8 Å². The summed E-state index contributed by atoms with van der Waals surface area (Å²) >= 11 is 0. The minimum Gasteiger partial charge on any atom is -0.494 e. The molecule has 0 spiro atoms. The number of fused-ring (bicyclic) bond motifs is 1. The van der Waals surface area contributed by atoms with Gasteiger partial charge in [0.1, 0.15) is 23.4 Å². The highest BCUT2D eigenvalue weighted by Crippen LogP contribution is 2.40. The lowest BCUT2D eigenvalue weighted by atomic mass is 9.73. The number of amides is 2. The highest BCUT2D eigenvalue weighted by molar-refractivity contribution is 6.88. The molecule has 1 aliphatic heterocycles. The van der Waals surface area contributed by atoms with E-state index < -0.39 is 49.5 Å². The molecule has 1 atom stereocenters. The molecule has 1 fully saturated rings. The Morgan fingerprint density at radius 1 is 1.08 bits per heavy atom. The Morgan fingerprint density at radius 2 is 1.73 bits per heavy atom.